The topological polar surface area (TPSA) is 47.6 Å². The van der Waals surface area contributed by atoms with Crippen LogP contribution >= 0.6 is 0 Å². The highest BCUT2D eigenvalue weighted by Gasteiger charge is 1.98. The van der Waals surface area contributed by atoms with Gasteiger partial charge in [0.05, 0.1) is 14.2 Å². The van der Waals surface area contributed by atoms with Gasteiger partial charge in [0, 0.05) is 13.0 Å². The van der Waals surface area contributed by atoms with E-state index in [9.17, 15) is 4.79 Å². The Hall–Kier alpha value is -0.610. The Labute approximate surface area is 73.2 Å². The first kappa shape index (κ1) is 11.4. The van der Waals surface area contributed by atoms with Crippen LogP contribution in [0, 0.1) is 0 Å². The Kier molecular flexibility index (Phi) is 8.05. The fourth-order valence-electron chi connectivity index (χ4n) is 0.847. The van der Waals surface area contributed by atoms with Gasteiger partial charge in [-0.3, -0.25) is 4.79 Å². The average molecular weight is 175 g/mol. The van der Waals surface area contributed by atoms with Crippen molar-refractivity contribution in [2.45, 2.75) is 25.7 Å². The van der Waals surface area contributed by atoms with E-state index in [-0.39, 0.29) is 5.97 Å². The molecule has 4 heteroatoms. The molecule has 0 saturated carbocycles. The highest BCUT2D eigenvalue weighted by molar-refractivity contribution is 5.68. The van der Waals surface area contributed by atoms with E-state index in [0.717, 1.165) is 25.8 Å². The maximum absolute atomic E-state index is 10.6. The fraction of sp³-hybridized carbons (Fsp3) is 0.875. The lowest BCUT2D eigenvalue weighted by molar-refractivity contribution is -0.140. The Morgan fingerprint density at radius 3 is 2.58 bits per heavy atom. The molecule has 0 aliphatic rings. The van der Waals surface area contributed by atoms with E-state index in [4.69, 9.17) is 0 Å². The minimum atomic E-state index is -0.130. The van der Waals surface area contributed by atoms with Crippen LogP contribution in [0.15, 0.2) is 0 Å². The summed E-state index contributed by atoms with van der Waals surface area (Å²) in [5, 5.41) is 0. The van der Waals surface area contributed by atoms with E-state index in [0.29, 0.717) is 6.42 Å². The molecule has 0 saturated heterocycles. The molecule has 0 bridgehead atoms. The van der Waals surface area contributed by atoms with Crippen molar-refractivity contribution in [3.05, 3.63) is 0 Å². The van der Waals surface area contributed by atoms with Crippen molar-refractivity contribution in [3.8, 4) is 0 Å². The Morgan fingerprint density at radius 1 is 1.25 bits per heavy atom. The summed E-state index contributed by atoms with van der Waals surface area (Å²) in [5.41, 5.74) is 2.73. The lowest BCUT2D eigenvalue weighted by atomic mass is 10.2. The van der Waals surface area contributed by atoms with E-state index >= 15 is 0 Å². The van der Waals surface area contributed by atoms with Gasteiger partial charge in [-0.15, -0.1) is 0 Å². The van der Waals surface area contributed by atoms with Crippen LogP contribution in [-0.2, 0) is 14.4 Å². The van der Waals surface area contributed by atoms with Gasteiger partial charge >= 0.3 is 5.97 Å². The zero-order valence-electron chi connectivity index (χ0n) is 7.76. The molecule has 0 aromatic rings. The predicted octanol–water partition coefficient (Wildman–Crippen LogP) is 0.871. The molecule has 0 atom stereocenters. The van der Waals surface area contributed by atoms with Crippen molar-refractivity contribution in [3.63, 3.8) is 0 Å². The third-order valence-electron chi connectivity index (χ3n) is 1.53. The van der Waals surface area contributed by atoms with Crippen molar-refractivity contribution >= 4 is 5.97 Å². The molecule has 0 aliphatic heterocycles. The Morgan fingerprint density at radius 2 is 2.00 bits per heavy atom. The van der Waals surface area contributed by atoms with Crippen molar-refractivity contribution in [1.82, 2.24) is 5.48 Å². The van der Waals surface area contributed by atoms with Gasteiger partial charge in [0.1, 0.15) is 0 Å². The van der Waals surface area contributed by atoms with Gasteiger partial charge < -0.3 is 9.57 Å². The molecule has 4 nitrogen and oxygen atoms in total. The fourth-order valence-corrected chi connectivity index (χ4v) is 0.847. The molecule has 72 valence electrons. The molecule has 0 aromatic heterocycles. The number of hydroxylamine groups is 1. The average Bonchev–Trinajstić information content (AvgIpc) is 2.10. The molecule has 0 aliphatic carbocycles. The number of nitrogens with one attached hydrogen (secondary N) is 1. The van der Waals surface area contributed by atoms with E-state index < -0.39 is 0 Å². The van der Waals surface area contributed by atoms with Crippen molar-refractivity contribution in [2.24, 2.45) is 0 Å². The molecule has 0 heterocycles. The third kappa shape index (κ3) is 7.50. The standard InChI is InChI=1S/C8H17NO3/c1-11-8(10)6-4-3-5-7-9-12-2/h9H,3-7H2,1-2H3. The lowest BCUT2D eigenvalue weighted by Crippen LogP contribution is -2.12. The van der Waals surface area contributed by atoms with Gasteiger partial charge in [0.25, 0.3) is 0 Å². The molecule has 0 spiro atoms. The minimum Gasteiger partial charge on any atom is -0.469 e. The normalized spacial score (nSPS) is 9.83. The van der Waals surface area contributed by atoms with Crippen LogP contribution in [0.2, 0.25) is 0 Å². The van der Waals surface area contributed by atoms with Crippen LogP contribution in [0.4, 0.5) is 0 Å². The predicted molar refractivity (Wildman–Crippen MR) is 45.5 cm³/mol. The van der Waals surface area contributed by atoms with Gasteiger partial charge in [0.2, 0.25) is 0 Å². The van der Waals surface area contributed by atoms with Crippen LogP contribution in [-0.4, -0.2) is 26.7 Å². The monoisotopic (exact) mass is 175 g/mol. The number of ether oxygens (including phenoxy) is 1. The SMILES string of the molecule is CONCCCCCC(=O)OC. The smallest absolute Gasteiger partial charge is 0.305 e. The van der Waals surface area contributed by atoms with Crippen LogP contribution < -0.4 is 5.48 Å². The van der Waals surface area contributed by atoms with Crippen molar-refractivity contribution in [2.75, 3.05) is 20.8 Å². The summed E-state index contributed by atoms with van der Waals surface area (Å²) >= 11 is 0. The first-order valence-electron chi connectivity index (χ1n) is 4.14. The summed E-state index contributed by atoms with van der Waals surface area (Å²) < 4.78 is 4.50. The van der Waals surface area contributed by atoms with Crippen molar-refractivity contribution < 1.29 is 14.4 Å². The molecule has 1 N–H and O–H groups in total. The number of carbonyl (C=O) groups excluding carboxylic acids is 1. The lowest BCUT2D eigenvalue weighted by Gasteiger charge is -2.01. The highest BCUT2D eigenvalue weighted by atomic mass is 16.6. The number of carbonyl (C=O) groups is 1. The maximum atomic E-state index is 10.6. The summed E-state index contributed by atoms with van der Waals surface area (Å²) in [6.07, 6.45) is 3.44. The van der Waals surface area contributed by atoms with E-state index in [1.54, 1.807) is 7.11 Å². The summed E-state index contributed by atoms with van der Waals surface area (Å²) in [5.74, 6) is -0.130. The first-order chi connectivity index (χ1) is 5.81. The molecule has 0 rings (SSSR count). The summed E-state index contributed by atoms with van der Waals surface area (Å²) in [6, 6.07) is 0. The zero-order valence-corrected chi connectivity index (χ0v) is 7.76. The third-order valence-corrected chi connectivity index (χ3v) is 1.53. The van der Waals surface area contributed by atoms with Gasteiger partial charge in [-0.1, -0.05) is 6.42 Å². The highest BCUT2D eigenvalue weighted by Crippen LogP contribution is 1.99. The molecule has 0 fully saturated rings. The Balaban J connectivity index is 2.95. The van der Waals surface area contributed by atoms with E-state index in [2.05, 4.69) is 15.1 Å². The number of esters is 1. The minimum absolute atomic E-state index is 0.130. The van der Waals surface area contributed by atoms with Crippen LogP contribution in [0.3, 0.4) is 0 Å². The van der Waals surface area contributed by atoms with Gasteiger partial charge in [-0.05, 0) is 12.8 Å². The number of hydrogen-bond acceptors (Lipinski definition) is 4. The second-order valence-electron chi connectivity index (χ2n) is 2.49. The van der Waals surface area contributed by atoms with E-state index in [1.165, 1.54) is 7.11 Å². The van der Waals surface area contributed by atoms with Crippen LogP contribution in [0.5, 0.6) is 0 Å². The molecule has 0 radical (unpaired) electrons. The van der Waals surface area contributed by atoms with Gasteiger partial charge in [-0.2, -0.15) is 0 Å². The molecular formula is C8H17NO3. The number of hydrogen-bond donors (Lipinski definition) is 1. The van der Waals surface area contributed by atoms with Gasteiger partial charge in [-0.25, -0.2) is 5.48 Å². The van der Waals surface area contributed by atoms with Crippen molar-refractivity contribution in [1.29, 1.82) is 0 Å². The molecule has 0 amide bonds. The molecule has 12 heavy (non-hydrogen) atoms. The number of methoxy groups -OCH3 is 1. The summed E-state index contributed by atoms with van der Waals surface area (Å²) in [4.78, 5) is 15.3. The summed E-state index contributed by atoms with van der Waals surface area (Å²) in [7, 11) is 3.00. The molecule has 0 aromatic carbocycles. The second-order valence-corrected chi connectivity index (χ2v) is 2.49. The number of unbranched alkanes of at least 4 members (excludes halogenated alkanes) is 2. The maximum Gasteiger partial charge on any atom is 0.305 e. The van der Waals surface area contributed by atoms with Gasteiger partial charge in [0.15, 0.2) is 0 Å². The van der Waals surface area contributed by atoms with Crippen LogP contribution in [0.1, 0.15) is 25.7 Å². The molecule has 0 unspecified atom stereocenters. The molecular weight excluding hydrogens is 158 g/mol. The van der Waals surface area contributed by atoms with E-state index in [1.807, 2.05) is 0 Å². The van der Waals surface area contributed by atoms with Crippen LogP contribution in [0.25, 0.3) is 0 Å². The second kappa shape index (κ2) is 8.49. The largest absolute Gasteiger partial charge is 0.469 e. The quantitative estimate of drug-likeness (QED) is 0.354. The number of rotatable bonds is 7. The first-order valence-corrected chi connectivity index (χ1v) is 4.14. The zero-order chi connectivity index (χ0) is 9.23. The summed E-state index contributed by atoms with van der Waals surface area (Å²) in [6.45, 7) is 0.831. The Bertz CT molecular complexity index is 117.